The monoisotopic (exact) mass is 609 g/mol. The van der Waals surface area contributed by atoms with Crippen LogP contribution < -0.4 is 5.32 Å². The first-order valence-electron chi connectivity index (χ1n) is 14.9. The van der Waals surface area contributed by atoms with Gasteiger partial charge in [0.1, 0.15) is 48.8 Å². The molecule has 14 nitrogen and oxygen atoms in total. The van der Waals surface area contributed by atoms with Crippen molar-refractivity contribution in [2.45, 2.75) is 139 Å². The Morgan fingerprint density at radius 2 is 1.48 bits per heavy atom. The van der Waals surface area contributed by atoms with Gasteiger partial charge in [0.2, 0.25) is 5.91 Å². The summed E-state index contributed by atoms with van der Waals surface area (Å²) in [7, 11) is 0. The molecular weight excluding hydrogens is 558 g/mol. The van der Waals surface area contributed by atoms with Crippen molar-refractivity contribution < 1.29 is 64.6 Å². The maximum Gasteiger partial charge on any atom is 0.220 e. The average molecular weight is 610 g/mol. The van der Waals surface area contributed by atoms with E-state index in [4.69, 9.17) is 18.9 Å². The van der Waals surface area contributed by atoms with Crippen LogP contribution in [0.5, 0.6) is 0 Å². The first kappa shape index (κ1) is 36.9. The fourth-order valence-corrected chi connectivity index (χ4v) is 4.80. The smallest absolute Gasteiger partial charge is 0.220 e. The van der Waals surface area contributed by atoms with Gasteiger partial charge < -0.3 is 65.1 Å². The molecule has 12 atom stereocenters. The quantitative estimate of drug-likeness (QED) is 0.0617. The lowest BCUT2D eigenvalue weighted by molar-refractivity contribution is -0.359. The van der Waals surface area contributed by atoms with E-state index in [-0.39, 0.29) is 18.9 Å². The zero-order valence-electron chi connectivity index (χ0n) is 24.5. The normalized spacial score (nSPS) is 35.3. The van der Waals surface area contributed by atoms with E-state index in [9.17, 15) is 45.6 Å². The summed E-state index contributed by atoms with van der Waals surface area (Å²) >= 11 is 0. The molecule has 246 valence electrons. The van der Waals surface area contributed by atoms with Gasteiger partial charge in [-0.15, -0.1) is 0 Å². The van der Waals surface area contributed by atoms with Gasteiger partial charge in [0, 0.05) is 6.42 Å². The Hall–Kier alpha value is -1.27. The van der Waals surface area contributed by atoms with Gasteiger partial charge in [-0.3, -0.25) is 4.79 Å². The van der Waals surface area contributed by atoms with Crippen LogP contribution in [0.1, 0.15) is 65.2 Å². The fourth-order valence-electron chi connectivity index (χ4n) is 4.80. The standard InChI is InChI=1S/C28H51NO13/c1-3-5-7-9-11-17(32)16(29-20(33)12-10-8-6-4-2)15-39-27-25(38)23(36)26(19(14-31)41-27)42-28-24(37)22(35)21(34)18(13-30)40-28/h9,11,16-19,21-28,30-32,34-38H,3-8,10,12-15H2,1-2H3,(H,29,33)/b11-9+. The molecule has 0 saturated carbocycles. The number of nitrogens with one attached hydrogen (secondary N) is 1. The van der Waals surface area contributed by atoms with Gasteiger partial charge in [-0.05, 0) is 12.8 Å². The van der Waals surface area contributed by atoms with Crippen molar-refractivity contribution in [1.29, 1.82) is 0 Å². The van der Waals surface area contributed by atoms with E-state index in [0.717, 1.165) is 38.5 Å². The number of hydrogen-bond acceptors (Lipinski definition) is 13. The molecule has 2 fully saturated rings. The molecule has 2 aliphatic heterocycles. The first-order chi connectivity index (χ1) is 20.1. The van der Waals surface area contributed by atoms with Gasteiger partial charge in [-0.25, -0.2) is 0 Å². The second-order valence-corrected chi connectivity index (χ2v) is 10.9. The van der Waals surface area contributed by atoms with Crippen LogP contribution in [0.3, 0.4) is 0 Å². The number of allylic oxidation sites excluding steroid dienone is 1. The number of aliphatic hydroxyl groups excluding tert-OH is 8. The number of hydrogen-bond donors (Lipinski definition) is 9. The molecule has 12 unspecified atom stereocenters. The highest BCUT2D eigenvalue weighted by Crippen LogP contribution is 2.29. The lowest BCUT2D eigenvalue weighted by Crippen LogP contribution is -2.65. The Balaban J connectivity index is 2.06. The molecule has 2 aliphatic rings. The summed E-state index contributed by atoms with van der Waals surface area (Å²) in [5.74, 6) is -0.271. The van der Waals surface area contributed by atoms with Gasteiger partial charge in [-0.1, -0.05) is 58.1 Å². The summed E-state index contributed by atoms with van der Waals surface area (Å²) in [4.78, 5) is 12.6. The number of carbonyl (C=O) groups excluding carboxylic acids is 1. The minimum Gasteiger partial charge on any atom is -0.394 e. The molecule has 14 heteroatoms. The first-order valence-corrected chi connectivity index (χ1v) is 14.9. The fraction of sp³-hybridized carbons (Fsp3) is 0.893. The van der Waals surface area contributed by atoms with Crippen LogP contribution in [0.25, 0.3) is 0 Å². The average Bonchev–Trinajstić information content (AvgIpc) is 2.98. The van der Waals surface area contributed by atoms with Crippen LogP contribution in [0.2, 0.25) is 0 Å². The summed E-state index contributed by atoms with van der Waals surface area (Å²) < 4.78 is 22.2. The minimum absolute atomic E-state index is 0.271. The molecule has 2 rings (SSSR count). The van der Waals surface area contributed by atoms with Gasteiger partial charge in [0.15, 0.2) is 12.6 Å². The van der Waals surface area contributed by atoms with Gasteiger partial charge in [0.25, 0.3) is 0 Å². The van der Waals surface area contributed by atoms with Crippen molar-refractivity contribution in [1.82, 2.24) is 5.32 Å². The van der Waals surface area contributed by atoms with Gasteiger partial charge >= 0.3 is 0 Å². The van der Waals surface area contributed by atoms with Crippen molar-refractivity contribution in [2.24, 2.45) is 0 Å². The number of ether oxygens (including phenoxy) is 4. The Morgan fingerprint density at radius 3 is 2.12 bits per heavy atom. The number of amides is 1. The number of rotatable bonds is 18. The highest BCUT2D eigenvalue weighted by molar-refractivity contribution is 5.76. The predicted octanol–water partition coefficient (Wildman–Crippen LogP) is -1.81. The predicted molar refractivity (Wildman–Crippen MR) is 148 cm³/mol. The molecule has 0 radical (unpaired) electrons. The van der Waals surface area contributed by atoms with Crippen molar-refractivity contribution >= 4 is 5.91 Å². The molecule has 0 bridgehead atoms. The number of aliphatic hydroxyl groups is 8. The molecule has 9 N–H and O–H groups in total. The third kappa shape index (κ3) is 10.7. The van der Waals surface area contributed by atoms with Crippen LogP contribution in [-0.4, -0.2) is 140 Å². The Labute approximate surface area is 246 Å². The third-order valence-electron chi connectivity index (χ3n) is 7.47. The lowest BCUT2D eigenvalue weighted by atomic mass is 9.97. The van der Waals surface area contributed by atoms with E-state index in [0.29, 0.717) is 6.42 Å². The van der Waals surface area contributed by atoms with Crippen LogP contribution in [0.4, 0.5) is 0 Å². The molecule has 1 amide bonds. The minimum atomic E-state index is -1.78. The number of unbranched alkanes of at least 4 members (excludes halogenated alkanes) is 5. The van der Waals surface area contributed by atoms with Crippen LogP contribution >= 0.6 is 0 Å². The Morgan fingerprint density at radius 1 is 0.833 bits per heavy atom. The van der Waals surface area contributed by atoms with E-state index in [2.05, 4.69) is 12.2 Å². The molecule has 0 aromatic carbocycles. The zero-order valence-corrected chi connectivity index (χ0v) is 24.5. The summed E-state index contributed by atoms with van der Waals surface area (Å²) in [6.45, 7) is 2.39. The molecule has 2 saturated heterocycles. The lowest BCUT2D eigenvalue weighted by Gasteiger charge is -2.46. The molecule has 2 heterocycles. The van der Waals surface area contributed by atoms with Crippen LogP contribution in [0.15, 0.2) is 12.2 Å². The van der Waals surface area contributed by atoms with Crippen molar-refractivity contribution in [3.8, 4) is 0 Å². The topological polar surface area (TPSA) is 228 Å². The summed E-state index contributed by atoms with van der Waals surface area (Å²) in [6, 6.07) is -0.898. The van der Waals surface area contributed by atoms with Crippen LogP contribution in [0, 0.1) is 0 Å². The largest absolute Gasteiger partial charge is 0.394 e. The van der Waals surface area contributed by atoms with Crippen LogP contribution in [-0.2, 0) is 23.7 Å². The Bertz CT molecular complexity index is 785. The summed E-state index contributed by atoms with van der Waals surface area (Å²) in [5.41, 5.74) is 0. The molecule has 0 spiro atoms. The van der Waals surface area contributed by atoms with E-state index in [1.807, 2.05) is 13.0 Å². The molecule has 0 aliphatic carbocycles. The van der Waals surface area contributed by atoms with Gasteiger partial charge in [0.05, 0.1) is 32.0 Å². The second kappa shape index (κ2) is 19.2. The zero-order chi connectivity index (χ0) is 31.2. The molecule has 42 heavy (non-hydrogen) atoms. The van der Waals surface area contributed by atoms with E-state index >= 15 is 0 Å². The maximum atomic E-state index is 12.6. The highest BCUT2D eigenvalue weighted by Gasteiger charge is 2.50. The van der Waals surface area contributed by atoms with Crippen molar-refractivity contribution in [3.63, 3.8) is 0 Å². The maximum absolute atomic E-state index is 12.6. The van der Waals surface area contributed by atoms with Crippen molar-refractivity contribution in [3.05, 3.63) is 12.2 Å². The van der Waals surface area contributed by atoms with Gasteiger partial charge in [-0.2, -0.15) is 0 Å². The third-order valence-corrected chi connectivity index (χ3v) is 7.47. The van der Waals surface area contributed by atoms with E-state index < -0.39 is 86.8 Å². The summed E-state index contributed by atoms with van der Waals surface area (Å²) in [5, 5.41) is 84.7. The molecular formula is C28H51NO13. The SMILES string of the molecule is CCCC/C=C/C(O)C(COC1OC(CO)C(OC2OC(CO)C(O)C(O)C2O)C(O)C1O)NC(=O)CCCCCC. The molecule has 0 aromatic heterocycles. The number of carbonyl (C=O) groups is 1. The highest BCUT2D eigenvalue weighted by atomic mass is 16.7. The van der Waals surface area contributed by atoms with E-state index in [1.54, 1.807) is 6.08 Å². The molecule has 0 aromatic rings. The Kier molecular flexibility index (Phi) is 16.9. The van der Waals surface area contributed by atoms with Crippen molar-refractivity contribution in [2.75, 3.05) is 19.8 Å². The second-order valence-electron chi connectivity index (χ2n) is 10.9. The summed E-state index contributed by atoms with van der Waals surface area (Å²) in [6.07, 6.45) is -6.97. The van der Waals surface area contributed by atoms with E-state index in [1.165, 1.54) is 0 Å².